The van der Waals surface area contributed by atoms with Gasteiger partial charge in [0, 0.05) is 18.6 Å². The maximum absolute atomic E-state index is 6.10. The molecule has 1 saturated carbocycles. The highest BCUT2D eigenvalue weighted by Crippen LogP contribution is 2.37. The molecule has 0 heterocycles. The molecule has 1 aromatic carbocycles. The predicted molar refractivity (Wildman–Crippen MR) is 71.0 cm³/mol. The predicted octanol–water partition coefficient (Wildman–Crippen LogP) is 1.82. The quantitative estimate of drug-likeness (QED) is 0.855. The van der Waals surface area contributed by atoms with E-state index >= 15 is 0 Å². The summed E-state index contributed by atoms with van der Waals surface area (Å²) in [5, 5.41) is 0. The van der Waals surface area contributed by atoms with Gasteiger partial charge in [0.25, 0.3) is 0 Å². The first-order chi connectivity index (χ1) is 8.23. The summed E-state index contributed by atoms with van der Waals surface area (Å²) in [6.07, 6.45) is 5.08. The van der Waals surface area contributed by atoms with Crippen LogP contribution in [0.3, 0.4) is 0 Å². The van der Waals surface area contributed by atoms with Crippen LogP contribution in [0.4, 0.5) is 0 Å². The number of nitrogens with two attached hydrogens (primary N) is 1. The van der Waals surface area contributed by atoms with Crippen molar-refractivity contribution in [3.8, 4) is 0 Å². The Morgan fingerprint density at radius 2 is 1.82 bits per heavy atom. The van der Waals surface area contributed by atoms with E-state index in [0.29, 0.717) is 0 Å². The molecular weight excluding hydrogens is 208 g/mol. The highest BCUT2D eigenvalue weighted by atomic mass is 15.2. The van der Waals surface area contributed by atoms with E-state index in [9.17, 15) is 0 Å². The van der Waals surface area contributed by atoms with Gasteiger partial charge in [-0.25, -0.2) is 0 Å². The Kier molecular flexibility index (Phi) is 2.72. The topological polar surface area (TPSA) is 29.3 Å². The lowest BCUT2D eigenvalue weighted by Gasteiger charge is -2.38. The number of rotatable bonds is 4. The van der Waals surface area contributed by atoms with Crippen LogP contribution in [0.1, 0.15) is 24.0 Å². The van der Waals surface area contributed by atoms with Gasteiger partial charge in [-0.2, -0.15) is 0 Å². The van der Waals surface area contributed by atoms with Crippen molar-refractivity contribution in [1.29, 1.82) is 0 Å². The fourth-order valence-corrected chi connectivity index (χ4v) is 3.13. The molecule has 3 rings (SSSR count). The standard InChI is InChI=1S/C15H22N2/c1-17(10-12-6-7-12)15(11-16)8-13-4-2-3-5-14(13)9-15/h2-5,12H,6-11,16H2,1H3. The third-order valence-corrected chi connectivity index (χ3v) is 4.58. The van der Waals surface area contributed by atoms with Crippen molar-refractivity contribution in [3.05, 3.63) is 35.4 Å². The maximum Gasteiger partial charge on any atom is 0.0409 e. The lowest BCUT2D eigenvalue weighted by Crippen LogP contribution is -2.53. The smallest absolute Gasteiger partial charge is 0.0409 e. The summed E-state index contributed by atoms with van der Waals surface area (Å²) in [4.78, 5) is 2.53. The van der Waals surface area contributed by atoms with E-state index in [0.717, 1.165) is 25.3 Å². The molecule has 2 aliphatic carbocycles. The third kappa shape index (κ3) is 2.00. The van der Waals surface area contributed by atoms with Crippen molar-refractivity contribution >= 4 is 0 Å². The Morgan fingerprint density at radius 1 is 1.24 bits per heavy atom. The van der Waals surface area contributed by atoms with Gasteiger partial charge in [-0.3, -0.25) is 4.90 Å². The van der Waals surface area contributed by atoms with Crippen molar-refractivity contribution in [2.45, 2.75) is 31.2 Å². The minimum absolute atomic E-state index is 0.187. The van der Waals surface area contributed by atoms with Gasteiger partial charge in [0.1, 0.15) is 0 Å². The van der Waals surface area contributed by atoms with Gasteiger partial charge in [0.2, 0.25) is 0 Å². The molecule has 0 spiro atoms. The van der Waals surface area contributed by atoms with Crippen LogP contribution in [0.25, 0.3) is 0 Å². The lowest BCUT2D eigenvalue weighted by atomic mass is 9.93. The molecule has 17 heavy (non-hydrogen) atoms. The molecule has 2 N–H and O–H groups in total. The van der Waals surface area contributed by atoms with E-state index in [1.54, 1.807) is 0 Å². The van der Waals surface area contributed by atoms with Gasteiger partial charge in [0.05, 0.1) is 0 Å². The highest BCUT2D eigenvalue weighted by Gasteiger charge is 2.40. The summed E-state index contributed by atoms with van der Waals surface area (Å²) in [6.45, 7) is 2.00. The number of likely N-dealkylation sites (N-methyl/N-ethyl adjacent to an activating group) is 1. The Labute approximate surface area is 104 Å². The highest BCUT2D eigenvalue weighted by molar-refractivity contribution is 5.36. The van der Waals surface area contributed by atoms with Crippen molar-refractivity contribution in [3.63, 3.8) is 0 Å². The zero-order valence-electron chi connectivity index (χ0n) is 10.7. The van der Waals surface area contributed by atoms with Gasteiger partial charge < -0.3 is 5.73 Å². The Balaban J connectivity index is 1.80. The van der Waals surface area contributed by atoms with Crippen molar-refractivity contribution in [2.75, 3.05) is 20.1 Å². The second-order valence-corrected chi connectivity index (χ2v) is 5.87. The van der Waals surface area contributed by atoms with Gasteiger partial charge in [-0.15, -0.1) is 0 Å². The monoisotopic (exact) mass is 230 g/mol. The average Bonchev–Trinajstić information content (AvgIpc) is 3.06. The summed E-state index contributed by atoms with van der Waals surface area (Å²) in [6, 6.07) is 8.81. The normalized spacial score (nSPS) is 21.8. The summed E-state index contributed by atoms with van der Waals surface area (Å²) in [7, 11) is 2.26. The Bertz CT molecular complexity index is 384. The molecule has 0 amide bonds. The average molecular weight is 230 g/mol. The van der Waals surface area contributed by atoms with E-state index in [1.807, 2.05) is 0 Å². The lowest BCUT2D eigenvalue weighted by molar-refractivity contribution is 0.129. The van der Waals surface area contributed by atoms with E-state index in [4.69, 9.17) is 5.73 Å². The second-order valence-electron chi connectivity index (χ2n) is 5.87. The molecule has 0 saturated heterocycles. The van der Waals surface area contributed by atoms with Crippen LogP contribution in [0.15, 0.2) is 24.3 Å². The minimum Gasteiger partial charge on any atom is -0.329 e. The van der Waals surface area contributed by atoms with Gasteiger partial charge in [0.15, 0.2) is 0 Å². The van der Waals surface area contributed by atoms with Crippen LogP contribution in [0.5, 0.6) is 0 Å². The number of nitrogens with zero attached hydrogens (tertiary/aromatic N) is 1. The number of benzene rings is 1. The van der Waals surface area contributed by atoms with Crippen LogP contribution in [0, 0.1) is 5.92 Å². The number of hydrogen-bond donors (Lipinski definition) is 1. The van der Waals surface area contributed by atoms with E-state index in [2.05, 4.69) is 36.2 Å². The fraction of sp³-hybridized carbons (Fsp3) is 0.600. The van der Waals surface area contributed by atoms with E-state index < -0.39 is 0 Å². The molecule has 0 bridgehead atoms. The van der Waals surface area contributed by atoms with Crippen LogP contribution in [-0.2, 0) is 12.8 Å². The van der Waals surface area contributed by atoms with Crippen LogP contribution in [0.2, 0.25) is 0 Å². The zero-order valence-corrected chi connectivity index (χ0v) is 10.7. The number of fused-ring (bicyclic) bond motifs is 1. The van der Waals surface area contributed by atoms with Crippen molar-refractivity contribution < 1.29 is 0 Å². The largest absolute Gasteiger partial charge is 0.329 e. The van der Waals surface area contributed by atoms with Crippen LogP contribution in [-0.4, -0.2) is 30.6 Å². The molecule has 0 unspecified atom stereocenters. The van der Waals surface area contributed by atoms with E-state index in [-0.39, 0.29) is 5.54 Å². The SMILES string of the molecule is CN(CC1CC1)C1(CN)Cc2ccccc2C1. The molecule has 2 nitrogen and oxygen atoms in total. The molecule has 0 aliphatic heterocycles. The van der Waals surface area contributed by atoms with Gasteiger partial charge in [-0.05, 0) is 49.8 Å². The van der Waals surface area contributed by atoms with Crippen molar-refractivity contribution in [1.82, 2.24) is 4.90 Å². The summed E-state index contributed by atoms with van der Waals surface area (Å²) in [5.74, 6) is 0.937. The molecular formula is C15H22N2. The Morgan fingerprint density at radius 3 is 2.29 bits per heavy atom. The first kappa shape index (κ1) is 11.2. The van der Waals surface area contributed by atoms with Crippen molar-refractivity contribution in [2.24, 2.45) is 11.7 Å². The second kappa shape index (κ2) is 4.11. The van der Waals surface area contributed by atoms with E-state index in [1.165, 1.54) is 30.5 Å². The molecule has 0 radical (unpaired) electrons. The van der Waals surface area contributed by atoms with Crippen LogP contribution < -0.4 is 5.73 Å². The zero-order chi connectivity index (χ0) is 11.9. The van der Waals surface area contributed by atoms with Gasteiger partial charge >= 0.3 is 0 Å². The first-order valence-corrected chi connectivity index (χ1v) is 6.72. The molecule has 2 heteroatoms. The summed E-state index contributed by atoms with van der Waals surface area (Å²) >= 11 is 0. The number of hydrogen-bond acceptors (Lipinski definition) is 2. The third-order valence-electron chi connectivity index (χ3n) is 4.58. The minimum atomic E-state index is 0.187. The Hall–Kier alpha value is -0.860. The summed E-state index contributed by atoms with van der Waals surface area (Å²) < 4.78 is 0. The summed E-state index contributed by atoms with van der Waals surface area (Å²) in [5.41, 5.74) is 9.29. The molecule has 1 aromatic rings. The maximum atomic E-state index is 6.10. The first-order valence-electron chi connectivity index (χ1n) is 6.72. The molecule has 0 aromatic heterocycles. The fourth-order valence-electron chi connectivity index (χ4n) is 3.13. The molecule has 92 valence electrons. The van der Waals surface area contributed by atoms with Crippen LogP contribution >= 0.6 is 0 Å². The molecule has 2 aliphatic rings. The molecule has 0 atom stereocenters. The molecule has 1 fully saturated rings. The van der Waals surface area contributed by atoms with Gasteiger partial charge in [-0.1, -0.05) is 24.3 Å².